The van der Waals surface area contributed by atoms with Gasteiger partial charge < -0.3 is 10.4 Å². The molecule has 0 aromatic heterocycles. The highest BCUT2D eigenvalue weighted by Crippen LogP contribution is 2.23. The van der Waals surface area contributed by atoms with Crippen molar-refractivity contribution >= 4 is 21.6 Å². The Morgan fingerprint density at radius 2 is 2.36 bits per heavy atom. The monoisotopic (exact) mass is 254 g/mol. The van der Waals surface area contributed by atoms with E-state index in [4.69, 9.17) is 10.4 Å². The molecular weight excluding hydrogens is 244 g/mol. The van der Waals surface area contributed by atoms with Gasteiger partial charge in [0.15, 0.2) is 0 Å². The number of hydrogen-bond acceptors (Lipinski definition) is 3. The van der Waals surface area contributed by atoms with E-state index in [0.29, 0.717) is 12.1 Å². The predicted molar refractivity (Wildman–Crippen MR) is 59.0 cm³/mol. The Labute approximate surface area is 91.5 Å². The fourth-order valence-corrected chi connectivity index (χ4v) is 1.50. The van der Waals surface area contributed by atoms with Crippen LogP contribution in [0.5, 0.6) is 0 Å². The van der Waals surface area contributed by atoms with Crippen molar-refractivity contribution in [1.82, 2.24) is 0 Å². The lowest BCUT2D eigenvalue weighted by molar-refractivity contribution is 0.208. The number of aliphatic hydroxyl groups is 1. The van der Waals surface area contributed by atoms with Crippen molar-refractivity contribution < 1.29 is 5.11 Å². The second-order valence-electron chi connectivity index (χ2n) is 3.00. The van der Waals surface area contributed by atoms with Crippen molar-refractivity contribution in [3.8, 4) is 6.07 Å². The molecule has 0 aliphatic rings. The van der Waals surface area contributed by atoms with Crippen molar-refractivity contribution in [3.63, 3.8) is 0 Å². The maximum absolute atomic E-state index is 9.09. The minimum atomic E-state index is -0.430. The zero-order valence-corrected chi connectivity index (χ0v) is 9.37. The van der Waals surface area contributed by atoms with Crippen LogP contribution < -0.4 is 5.32 Å². The summed E-state index contributed by atoms with van der Waals surface area (Å²) >= 11 is 3.29. The van der Waals surface area contributed by atoms with Crippen LogP contribution in [-0.4, -0.2) is 17.8 Å². The average Bonchev–Trinajstić information content (AvgIpc) is 2.14. The third kappa shape index (κ3) is 2.72. The zero-order valence-electron chi connectivity index (χ0n) is 7.79. The van der Waals surface area contributed by atoms with Gasteiger partial charge in [0.05, 0.1) is 17.4 Å². The third-order valence-corrected chi connectivity index (χ3v) is 2.37. The Morgan fingerprint density at radius 3 is 2.93 bits per heavy atom. The summed E-state index contributed by atoms with van der Waals surface area (Å²) in [5.41, 5.74) is 1.30. The number of nitriles is 1. The second kappa shape index (κ2) is 4.99. The highest BCUT2D eigenvalue weighted by atomic mass is 79.9. The fourth-order valence-electron chi connectivity index (χ4n) is 1.04. The van der Waals surface area contributed by atoms with Gasteiger partial charge in [0.25, 0.3) is 0 Å². The molecule has 0 heterocycles. The first-order valence-electron chi connectivity index (χ1n) is 4.25. The van der Waals surface area contributed by atoms with Crippen LogP contribution >= 0.6 is 15.9 Å². The summed E-state index contributed by atoms with van der Waals surface area (Å²) in [5, 5.41) is 21.0. The Morgan fingerprint density at radius 1 is 1.64 bits per heavy atom. The summed E-state index contributed by atoms with van der Waals surface area (Å²) in [4.78, 5) is 0. The summed E-state index contributed by atoms with van der Waals surface area (Å²) in [6.07, 6.45) is -0.430. The van der Waals surface area contributed by atoms with Gasteiger partial charge >= 0.3 is 0 Å². The molecule has 0 aliphatic carbocycles. The Bertz CT molecular complexity index is 358. The molecule has 4 heteroatoms. The van der Waals surface area contributed by atoms with Crippen molar-refractivity contribution in [3.05, 3.63) is 28.2 Å². The summed E-state index contributed by atoms with van der Waals surface area (Å²) < 4.78 is 0.760. The predicted octanol–water partition coefficient (Wildman–Crippen LogP) is 2.11. The number of benzene rings is 1. The van der Waals surface area contributed by atoms with Gasteiger partial charge in [-0.3, -0.25) is 0 Å². The van der Waals surface area contributed by atoms with Gasteiger partial charge in [-0.2, -0.15) is 5.26 Å². The molecule has 14 heavy (non-hydrogen) atoms. The first-order valence-corrected chi connectivity index (χ1v) is 5.05. The fraction of sp³-hybridized carbons (Fsp3) is 0.300. The van der Waals surface area contributed by atoms with Crippen LogP contribution in [0.25, 0.3) is 0 Å². The lowest BCUT2D eigenvalue weighted by atomic mass is 10.2. The van der Waals surface area contributed by atoms with Crippen molar-refractivity contribution in [2.24, 2.45) is 0 Å². The molecule has 0 fully saturated rings. The lowest BCUT2D eigenvalue weighted by Crippen LogP contribution is -2.15. The van der Waals surface area contributed by atoms with Gasteiger partial charge in [-0.15, -0.1) is 0 Å². The molecule has 1 aromatic rings. The normalized spacial score (nSPS) is 11.9. The van der Waals surface area contributed by atoms with E-state index in [0.717, 1.165) is 10.2 Å². The van der Waals surface area contributed by atoms with Crippen LogP contribution in [0.3, 0.4) is 0 Å². The summed E-state index contributed by atoms with van der Waals surface area (Å²) in [7, 11) is 0. The number of anilines is 1. The molecule has 0 bridgehead atoms. The van der Waals surface area contributed by atoms with E-state index in [-0.39, 0.29) is 0 Å². The Hall–Kier alpha value is -1.05. The van der Waals surface area contributed by atoms with E-state index in [1.807, 2.05) is 18.2 Å². The first-order chi connectivity index (χ1) is 6.65. The minimum absolute atomic E-state index is 0.430. The largest absolute Gasteiger partial charge is 0.392 e. The molecule has 0 saturated heterocycles. The molecule has 2 N–H and O–H groups in total. The van der Waals surface area contributed by atoms with Gasteiger partial charge in [-0.1, -0.05) is 6.07 Å². The minimum Gasteiger partial charge on any atom is -0.392 e. The summed E-state index contributed by atoms with van der Waals surface area (Å²) in [5.74, 6) is 0. The van der Waals surface area contributed by atoms with Gasteiger partial charge in [0.1, 0.15) is 6.07 Å². The Balaban J connectivity index is 2.87. The number of nitrogens with one attached hydrogen (secondary N) is 1. The summed E-state index contributed by atoms with van der Waals surface area (Å²) in [6, 6.07) is 7.56. The van der Waals surface area contributed by atoms with Crippen LogP contribution in [0.1, 0.15) is 12.5 Å². The first kappa shape index (κ1) is 11.0. The van der Waals surface area contributed by atoms with Crippen LogP contribution in [0.2, 0.25) is 0 Å². The van der Waals surface area contributed by atoms with Crippen molar-refractivity contribution in [2.45, 2.75) is 13.0 Å². The van der Waals surface area contributed by atoms with Gasteiger partial charge in [-0.25, -0.2) is 0 Å². The lowest BCUT2D eigenvalue weighted by Gasteiger charge is -2.10. The van der Waals surface area contributed by atoms with Crippen LogP contribution in [0.15, 0.2) is 22.7 Å². The quantitative estimate of drug-likeness (QED) is 0.869. The molecular formula is C10H11BrN2O. The molecule has 1 aromatic carbocycles. The van der Waals surface area contributed by atoms with Crippen LogP contribution in [0, 0.1) is 11.3 Å². The summed E-state index contributed by atoms with van der Waals surface area (Å²) in [6.45, 7) is 2.13. The molecule has 1 atom stereocenters. The van der Waals surface area contributed by atoms with Crippen LogP contribution in [-0.2, 0) is 0 Å². The highest BCUT2D eigenvalue weighted by molar-refractivity contribution is 9.10. The number of nitrogens with zero attached hydrogens (tertiary/aromatic N) is 1. The second-order valence-corrected chi connectivity index (χ2v) is 3.86. The van der Waals surface area contributed by atoms with E-state index in [1.54, 1.807) is 6.92 Å². The standard InChI is InChI=1S/C10H11BrN2O/c1-7(14)6-13-10-4-2-3-9(11)8(10)5-12/h2-4,7,13-14H,6H2,1H3/t7-/m0/s1. The molecule has 0 amide bonds. The highest BCUT2D eigenvalue weighted by Gasteiger charge is 2.05. The molecule has 3 nitrogen and oxygen atoms in total. The number of halogens is 1. The SMILES string of the molecule is C[C@H](O)CNc1cccc(Br)c1C#N. The van der Waals surface area contributed by atoms with Gasteiger partial charge in [-0.05, 0) is 35.0 Å². The van der Waals surface area contributed by atoms with E-state index >= 15 is 0 Å². The maximum atomic E-state index is 9.09. The van der Waals surface area contributed by atoms with Gasteiger partial charge in [0.2, 0.25) is 0 Å². The van der Waals surface area contributed by atoms with Crippen molar-refractivity contribution in [2.75, 3.05) is 11.9 Å². The van der Waals surface area contributed by atoms with E-state index in [1.165, 1.54) is 0 Å². The maximum Gasteiger partial charge on any atom is 0.103 e. The molecule has 0 radical (unpaired) electrons. The molecule has 0 unspecified atom stereocenters. The number of rotatable bonds is 3. The molecule has 0 aliphatic heterocycles. The zero-order chi connectivity index (χ0) is 10.6. The van der Waals surface area contributed by atoms with Crippen molar-refractivity contribution in [1.29, 1.82) is 5.26 Å². The molecule has 1 rings (SSSR count). The molecule has 0 spiro atoms. The van der Waals surface area contributed by atoms with E-state index in [2.05, 4.69) is 27.3 Å². The van der Waals surface area contributed by atoms with Gasteiger partial charge in [0, 0.05) is 11.0 Å². The number of aliphatic hydroxyl groups excluding tert-OH is 1. The third-order valence-electron chi connectivity index (χ3n) is 1.71. The van der Waals surface area contributed by atoms with E-state index in [9.17, 15) is 0 Å². The van der Waals surface area contributed by atoms with Crippen LogP contribution in [0.4, 0.5) is 5.69 Å². The number of hydrogen-bond donors (Lipinski definition) is 2. The average molecular weight is 255 g/mol. The van der Waals surface area contributed by atoms with E-state index < -0.39 is 6.10 Å². The molecule has 74 valence electrons. The topological polar surface area (TPSA) is 56.0 Å². The smallest absolute Gasteiger partial charge is 0.103 e. The Kier molecular flexibility index (Phi) is 3.93. The molecule has 0 saturated carbocycles.